The highest BCUT2D eigenvalue weighted by atomic mass is 16.2. The van der Waals surface area contributed by atoms with Gasteiger partial charge in [0.15, 0.2) is 0 Å². The van der Waals surface area contributed by atoms with Gasteiger partial charge < -0.3 is 15.6 Å². The van der Waals surface area contributed by atoms with Crippen molar-refractivity contribution in [2.45, 2.75) is 18.9 Å². The average Bonchev–Trinajstić information content (AvgIpc) is 2.47. The number of hydrogen-bond donors (Lipinski definition) is 2. The van der Waals surface area contributed by atoms with Crippen molar-refractivity contribution >= 4 is 16.7 Å². The molecule has 0 aliphatic carbocycles. The highest BCUT2D eigenvalue weighted by Crippen LogP contribution is 2.18. The summed E-state index contributed by atoms with van der Waals surface area (Å²) in [7, 11) is 0. The minimum Gasteiger partial charge on any atom is -0.337 e. The van der Waals surface area contributed by atoms with Gasteiger partial charge in [0, 0.05) is 36.1 Å². The zero-order valence-corrected chi connectivity index (χ0v) is 11.1. The van der Waals surface area contributed by atoms with Crippen molar-refractivity contribution in [3.63, 3.8) is 0 Å². The molecule has 0 bridgehead atoms. The molecule has 1 amide bonds. The van der Waals surface area contributed by atoms with E-state index in [1.165, 1.54) is 6.20 Å². The van der Waals surface area contributed by atoms with Gasteiger partial charge in [-0.25, -0.2) is 0 Å². The van der Waals surface area contributed by atoms with Gasteiger partial charge in [-0.3, -0.25) is 9.59 Å². The average molecular weight is 271 g/mol. The van der Waals surface area contributed by atoms with Crippen LogP contribution in [0.2, 0.25) is 0 Å². The largest absolute Gasteiger partial charge is 0.337 e. The Morgan fingerprint density at radius 3 is 2.80 bits per heavy atom. The lowest BCUT2D eigenvalue weighted by Crippen LogP contribution is -2.45. The van der Waals surface area contributed by atoms with E-state index in [4.69, 9.17) is 5.73 Å². The maximum Gasteiger partial charge on any atom is 0.256 e. The first kappa shape index (κ1) is 12.9. The molecule has 1 aliphatic heterocycles. The first-order chi connectivity index (χ1) is 9.66. The number of rotatable bonds is 1. The lowest BCUT2D eigenvalue weighted by Gasteiger charge is -2.31. The predicted molar refractivity (Wildman–Crippen MR) is 77.7 cm³/mol. The van der Waals surface area contributed by atoms with Crippen LogP contribution in [0.25, 0.3) is 10.8 Å². The van der Waals surface area contributed by atoms with Crippen LogP contribution in [0.5, 0.6) is 0 Å². The van der Waals surface area contributed by atoms with Gasteiger partial charge in [-0.2, -0.15) is 0 Å². The van der Waals surface area contributed by atoms with Crippen LogP contribution in [0.3, 0.4) is 0 Å². The molecule has 1 aromatic heterocycles. The topological polar surface area (TPSA) is 79.2 Å². The Labute approximate surface area is 116 Å². The Bertz CT molecular complexity index is 708. The summed E-state index contributed by atoms with van der Waals surface area (Å²) in [5.41, 5.74) is 6.29. The monoisotopic (exact) mass is 271 g/mol. The van der Waals surface area contributed by atoms with Gasteiger partial charge in [-0.1, -0.05) is 18.2 Å². The van der Waals surface area contributed by atoms with Crippen LogP contribution in [0.4, 0.5) is 0 Å². The number of pyridine rings is 1. The second-order valence-corrected chi connectivity index (χ2v) is 5.23. The molecule has 104 valence electrons. The number of carbonyl (C=O) groups is 1. The molecular weight excluding hydrogens is 254 g/mol. The van der Waals surface area contributed by atoms with Gasteiger partial charge in [-0.05, 0) is 18.9 Å². The van der Waals surface area contributed by atoms with Crippen molar-refractivity contribution in [1.82, 2.24) is 9.88 Å². The van der Waals surface area contributed by atoms with E-state index in [0.29, 0.717) is 22.9 Å². The summed E-state index contributed by atoms with van der Waals surface area (Å²) in [6.45, 7) is 1.30. The Kier molecular flexibility index (Phi) is 3.28. The third-order valence-corrected chi connectivity index (χ3v) is 3.78. The fraction of sp³-hybridized carbons (Fsp3) is 0.333. The molecule has 2 heterocycles. The molecule has 2 aromatic rings. The van der Waals surface area contributed by atoms with Crippen molar-refractivity contribution < 1.29 is 4.79 Å². The van der Waals surface area contributed by atoms with Crippen molar-refractivity contribution in [2.24, 2.45) is 5.73 Å². The SMILES string of the molecule is NC1CCCN(C(=O)c2c[nH]c(=O)c3ccccc23)C1. The molecule has 1 aliphatic rings. The highest BCUT2D eigenvalue weighted by molar-refractivity contribution is 6.06. The van der Waals surface area contributed by atoms with Gasteiger partial charge >= 0.3 is 0 Å². The molecule has 0 radical (unpaired) electrons. The van der Waals surface area contributed by atoms with Crippen molar-refractivity contribution in [1.29, 1.82) is 0 Å². The molecule has 3 N–H and O–H groups in total. The third-order valence-electron chi connectivity index (χ3n) is 3.78. The summed E-state index contributed by atoms with van der Waals surface area (Å²) in [5.74, 6) is -0.0624. The molecule has 20 heavy (non-hydrogen) atoms. The highest BCUT2D eigenvalue weighted by Gasteiger charge is 2.23. The summed E-state index contributed by atoms with van der Waals surface area (Å²) in [4.78, 5) is 28.8. The lowest BCUT2D eigenvalue weighted by atomic mass is 10.0. The molecule has 3 rings (SSSR count). The van der Waals surface area contributed by atoms with Gasteiger partial charge in [0.25, 0.3) is 11.5 Å². The smallest absolute Gasteiger partial charge is 0.256 e. The predicted octanol–water partition coefficient (Wildman–Crippen LogP) is 1.09. The molecule has 1 aromatic carbocycles. The fourth-order valence-corrected chi connectivity index (χ4v) is 2.75. The van der Waals surface area contributed by atoms with E-state index in [9.17, 15) is 9.59 Å². The summed E-state index contributed by atoms with van der Waals surface area (Å²) in [6, 6.07) is 7.21. The van der Waals surface area contributed by atoms with E-state index < -0.39 is 0 Å². The van der Waals surface area contributed by atoms with E-state index in [-0.39, 0.29) is 17.5 Å². The number of amides is 1. The van der Waals surface area contributed by atoms with Gasteiger partial charge in [0.05, 0.1) is 5.56 Å². The number of nitrogens with one attached hydrogen (secondary N) is 1. The quantitative estimate of drug-likeness (QED) is 0.815. The van der Waals surface area contributed by atoms with Crippen LogP contribution in [0.1, 0.15) is 23.2 Å². The third kappa shape index (κ3) is 2.20. The van der Waals surface area contributed by atoms with Crippen molar-refractivity contribution in [2.75, 3.05) is 13.1 Å². The molecular formula is C15H17N3O2. The van der Waals surface area contributed by atoms with Gasteiger partial charge in [-0.15, -0.1) is 0 Å². The molecule has 5 nitrogen and oxygen atoms in total. The maximum atomic E-state index is 12.6. The molecule has 1 saturated heterocycles. The van der Waals surface area contributed by atoms with Gasteiger partial charge in [0.2, 0.25) is 0 Å². The number of piperidine rings is 1. The van der Waals surface area contributed by atoms with Gasteiger partial charge in [0.1, 0.15) is 0 Å². The van der Waals surface area contributed by atoms with E-state index in [1.54, 1.807) is 17.0 Å². The minimum atomic E-state index is -0.174. The summed E-state index contributed by atoms with van der Waals surface area (Å²) in [5, 5.41) is 1.24. The number of aromatic amines is 1. The number of carbonyl (C=O) groups excluding carboxylic acids is 1. The number of fused-ring (bicyclic) bond motifs is 1. The Morgan fingerprint density at radius 2 is 2.05 bits per heavy atom. The summed E-state index contributed by atoms with van der Waals surface area (Å²) >= 11 is 0. The van der Waals surface area contributed by atoms with Crippen LogP contribution in [0, 0.1) is 0 Å². The standard InChI is InChI=1S/C15H17N3O2/c16-10-4-3-7-18(9-10)15(20)13-8-17-14(19)12-6-2-1-5-11(12)13/h1-2,5-6,8,10H,3-4,7,9,16H2,(H,17,19). The van der Waals surface area contributed by atoms with Crippen LogP contribution < -0.4 is 11.3 Å². The first-order valence-corrected chi connectivity index (χ1v) is 6.82. The molecule has 1 atom stereocenters. The normalized spacial score (nSPS) is 19.2. The lowest BCUT2D eigenvalue weighted by molar-refractivity contribution is 0.0710. The first-order valence-electron chi connectivity index (χ1n) is 6.82. The molecule has 0 saturated carbocycles. The number of nitrogens with two attached hydrogens (primary N) is 1. The number of aromatic nitrogens is 1. The second-order valence-electron chi connectivity index (χ2n) is 5.23. The van der Waals surface area contributed by atoms with Crippen molar-refractivity contribution in [3.05, 3.63) is 46.4 Å². The summed E-state index contributed by atoms with van der Waals surface area (Å²) < 4.78 is 0. The maximum absolute atomic E-state index is 12.6. The Hall–Kier alpha value is -2.14. The summed E-state index contributed by atoms with van der Waals surface area (Å²) in [6.07, 6.45) is 3.39. The van der Waals surface area contributed by atoms with E-state index in [0.717, 1.165) is 19.4 Å². The number of H-pyrrole nitrogens is 1. The molecule has 1 unspecified atom stereocenters. The zero-order chi connectivity index (χ0) is 14.1. The van der Waals surface area contributed by atoms with E-state index in [1.807, 2.05) is 12.1 Å². The zero-order valence-electron chi connectivity index (χ0n) is 11.1. The van der Waals surface area contributed by atoms with Crippen molar-refractivity contribution in [3.8, 4) is 0 Å². The van der Waals surface area contributed by atoms with Crippen LogP contribution >= 0.6 is 0 Å². The Morgan fingerprint density at radius 1 is 1.30 bits per heavy atom. The fourth-order valence-electron chi connectivity index (χ4n) is 2.75. The number of hydrogen-bond acceptors (Lipinski definition) is 3. The Balaban J connectivity index is 2.04. The molecule has 1 fully saturated rings. The minimum absolute atomic E-state index is 0.0433. The number of benzene rings is 1. The molecule has 0 spiro atoms. The van der Waals surface area contributed by atoms with Crippen LogP contribution in [-0.2, 0) is 0 Å². The number of likely N-dealkylation sites (tertiary alicyclic amines) is 1. The number of nitrogens with zero attached hydrogens (tertiary/aromatic N) is 1. The van der Waals surface area contributed by atoms with Crippen LogP contribution in [-0.4, -0.2) is 34.9 Å². The second kappa shape index (κ2) is 5.09. The molecule has 5 heteroatoms. The van der Waals surface area contributed by atoms with E-state index >= 15 is 0 Å². The van der Waals surface area contributed by atoms with E-state index in [2.05, 4.69) is 4.98 Å². The van der Waals surface area contributed by atoms with Crippen LogP contribution in [0.15, 0.2) is 35.3 Å².